The van der Waals surface area contributed by atoms with E-state index in [-0.39, 0.29) is 5.82 Å². The first kappa shape index (κ1) is 12.2. The number of nitrogens with one attached hydrogen (secondary N) is 1. The van der Waals surface area contributed by atoms with Gasteiger partial charge in [-0.25, -0.2) is 4.39 Å². The fourth-order valence-corrected chi connectivity index (χ4v) is 3.11. The molecular formula is C12H15ClFNS. The van der Waals surface area contributed by atoms with E-state index in [1.807, 2.05) is 12.3 Å². The molecule has 0 amide bonds. The van der Waals surface area contributed by atoms with Crippen LogP contribution in [-0.2, 0) is 6.42 Å². The van der Waals surface area contributed by atoms with Crippen molar-refractivity contribution in [2.75, 3.05) is 12.8 Å². The van der Waals surface area contributed by atoms with Gasteiger partial charge in [-0.1, -0.05) is 11.6 Å². The van der Waals surface area contributed by atoms with Gasteiger partial charge >= 0.3 is 0 Å². The van der Waals surface area contributed by atoms with Crippen molar-refractivity contribution in [3.05, 3.63) is 28.5 Å². The molecule has 2 rings (SSSR count). The molecule has 16 heavy (non-hydrogen) atoms. The molecule has 4 heteroatoms. The molecule has 1 aromatic rings. The second-order valence-corrected chi connectivity index (χ2v) is 5.31. The zero-order valence-corrected chi connectivity index (χ0v) is 10.8. The highest BCUT2D eigenvalue weighted by Crippen LogP contribution is 2.30. The van der Waals surface area contributed by atoms with Crippen LogP contribution in [0.4, 0.5) is 4.39 Å². The van der Waals surface area contributed by atoms with E-state index >= 15 is 0 Å². The molecule has 1 fully saturated rings. The Bertz CT molecular complexity index is 354. The van der Waals surface area contributed by atoms with Gasteiger partial charge in [0, 0.05) is 6.04 Å². The van der Waals surface area contributed by atoms with Gasteiger partial charge in [0.05, 0.1) is 9.92 Å². The first-order valence-electron chi connectivity index (χ1n) is 5.46. The maximum Gasteiger partial charge on any atom is 0.138 e. The van der Waals surface area contributed by atoms with E-state index in [9.17, 15) is 4.39 Å². The van der Waals surface area contributed by atoms with E-state index in [1.165, 1.54) is 24.6 Å². The molecule has 1 aliphatic rings. The first-order valence-corrected chi connectivity index (χ1v) is 7.06. The van der Waals surface area contributed by atoms with E-state index < -0.39 is 0 Å². The van der Waals surface area contributed by atoms with Crippen molar-refractivity contribution in [1.82, 2.24) is 5.32 Å². The van der Waals surface area contributed by atoms with Gasteiger partial charge in [0.15, 0.2) is 0 Å². The predicted molar refractivity (Wildman–Crippen MR) is 67.9 cm³/mol. The second kappa shape index (κ2) is 5.39. The Morgan fingerprint density at radius 3 is 2.94 bits per heavy atom. The molecule has 1 nitrogen and oxygen atoms in total. The Morgan fingerprint density at radius 1 is 1.56 bits per heavy atom. The third kappa shape index (κ3) is 2.70. The summed E-state index contributed by atoms with van der Waals surface area (Å²) in [6, 6.07) is 3.98. The standard InChI is InChI=1S/C12H15ClFNS/c1-16-12-10(13)6-8(7-11(12)14)5-9-3-2-4-15-9/h6-7,9,15H,2-5H2,1H3. The monoisotopic (exact) mass is 259 g/mol. The second-order valence-electron chi connectivity index (χ2n) is 4.09. The Labute approximate surface area is 105 Å². The van der Waals surface area contributed by atoms with Crippen molar-refractivity contribution in [2.24, 2.45) is 0 Å². The number of halogens is 2. The normalized spacial score (nSPS) is 20.3. The quantitative estimate of drug-likeness (QED) is 0.834. The van der Waals surface area contributed by atoms with Crippen LogP contribution >= 0.6 is 23.4 Å². The highest BCUT2D eigenvalue weighted by molar-refractivity contribution is 7.98. The molecule has 0 bridgehead atoms. The molecular weight excluding hydrogens is 245 g/mol. The highest BCUT2D eigenvalue weighted by Gasteiger charge is 2.16. The molecule has 0 aromatic heterocycles. The van der Waals surface area contributed by atoms with Crippen LogP contribution in [0.2, 0.25) is 5.02 Å². The van der Waals surface area contributed by atoms with Gasteiger partial charge in [-0.2, -0.15) is 0 Å². The smallest absolute Gasteiger partial charge is 0.138 e. The van der Waals surface area contributed by atoms with Crippen LogP contribution in [0.1, 0.15) is 18.4 Å². The number of benzene rings is 1. The van der Waals surface area contributed by atoms with Crippen LogP contribution in [0.15, 0.2) is 17.0 Å². The van der Waals surface area contributed by atoms with Crippen molar-refractivity contribution in [3.63, 3.8) is 0 Å². The Hall–Kier alpha value is -0.250. The summed E-state index contributed by atoms with van der Waals surface area (Å²) in [4.78, 5) is 0.546. The lowest BCUT2D eigenvalue weighted by atomic mass is 10.0. The molecule has 88 valence electrons. The molecule has 1 heterocycles. The molecule has 1 saturated heterocycles. The minimum Gasteiger partial charge on any atom is -0.314 e. The lowest BCUT2D eigenvalue weighted by Gasteiger charge is -2.12. The van der Waals surface area contributed by atoms with Gasteiger partial charge in [-0.3, -0.25) is 0 Å². The molecule has 1 atom stereocenters. The minimum atomic E-state index is -0.201. The number of thioether (sulfide) groups is 1. The average Bonchev–Trinajstić information content (AvgIpc) is 2.70. The molecule has 1 unspecified atom stereocenters. The maximum atomic E-state index is 13.7. The minimum absolute atomic E-state index is 0.201. The summed E-state index contributed by atoms with van der Waals surface area (Å²) in [6.45, 7) is 1.07. The lowest BCUT2D eigenvalue weighted by Crippen LogP contribution is -2.23. The fourth-order valence-electron chi connectivity index (χ4n) is 2.14. The SMILES string of the molecule is CSc1c(F)cc(CC2CCCN2)cc1Cl. The van der Waals surface area contributed by atoms with E-state index in [4.69, 9.17) is 11.6 Å². The molecule has 1 N–H and O–H groups in total. The van der Waals surface area contributed by atoms with Crippen LogP contribution < -0.4 is 5.32 Å². The van der Waals surface area contributed by atoms with Crippen molar-refractivity contribution in [3.8, 4) is 0 Å². The largest absolute Gasteiger partial charge is 0.314 e. The lowest BCUT2D eigenvalue weighted by molar-refractivity contribution is 0.582. The van der Waals surface area contributed by atoms with Crippen molar-refractivity contribution >= 4 is 23.4 Å². The topological polar surface area (TPSA) is 12.0 Å². The number of hydrogen-bond donors (Lipinski definition) is 1. The first-order chi connectivity index (χ1) is 7.70. The van der Waals surface area contributed by atoms with E-state index in [2.05, 4.69) is 5.32 Å². The third-order valence-corrected chi connectivity index (χ3v) is 4.14. The van der Waals surface area contributed by atoms with Crippen molar-refractivity contribution < 1.29 is 4.39 Å². The van der Waals surface area contributed by atoms with Crippen LogP contribution in [0.3, 0.4) is 0 Å². The summed E-state index contributed by atoms with van der Waals surface area (Å²) in [5.74, 6) is -0.201. The van der Waals surface area contributed by atoms with Crippen LogP contribution in [-0.4, -0.2) is 18.8 Å². The van der Waals surface area contributed by atoms with Gasteiger partial charge in [0.25, 0.3) is 0 Å². The third-order valence-electron chi connectivity index (χ3n) is 2.91. The zero-order valence-electron chi connectivity index (χ0n) is 9.22. The summed E-state index contributed by atoms with van der Waals surface area (Å²) in [5.41, 5.74) is 0.986. The molecule has 0 radical (unpaired) electrons. The molecule has 0 spiro atoms. The Morgan fingerprint density at radius 2 is 2.38 bits per heavy atom. The summed E-state index contributed by atoms with van der Waals surface area (Å²) in [6.07, 6.45) is 5.08. The van der Waals surface area contributed by atoms with Crippen LogP contribution in [0.25, 0.3) is 0 Å². The average molecular weight is 260 g/mol. The van der Waals surface area contributed by atoms with Gasteiger partial charge in [-0.05, 0) is 49.8 Å². The summed E-state index contributed by atoms with van der Waals surface area (Å²) in [7, 11) is 0. The summed E-state index contributed by atoms with van der Waals surface area (Å²) < 4.78 is 13.7. The zero-order chi connectivity index (χ0) is 11.5. The van der Waals surface area contributed by atoms with E-state index in [0.29, 0.717) is 16.0 Å². The number of rotatable bonds is 3. The van der Waals surface area contributed by atoms with E-state index in [0.717, 1.165) is 18.5 Å². The molecule has 0 aliphatic carbocycles. The van der Waals surface area contributed by atoms with Crippen LogP contribution in [0, 0.1) is 5.82 Å². The highest BCUT2D eigenvalue weighted by atomic mass is 35.5. The van der Waals surface area contributed by atoms with Gasteiger partial charge in [0.2, 0.25) is 0 Å². The van der Waals surface area contributed by atoms with Gasteiger partial charge in [0.1, 0.15) is 5.82 Å². The Kier molecular flexibility index (Phi) is 4.11. The molecule has 0 saturated carbocycles. The van der Waals surface area contributed by atoms with E-state index in [1.54, 1.807) is 6.07 Å². The van der Waals surface area contributed by atoms with Crippen molar-refractivity contribution in [1.29, 1.82) is 0 Å². The van der Waals surface area contributed by atoms with Gasteiger partial charge < -0.3 is 5.32 Å². The summed E-state index contributed by atoms with van der Waals surface area (Å²) >= 11 is 7.39. The fraction of sp³-hybridized carbons (Fsp3) is 0.500. The molecule has 1 aliphatic heterocycles. The van der Waals surface area contributed by atoms with Gasteiger partial charge in [-0.15, -0.1) is 11.8 Å². The molecule has 1 aromatic carbocycles. The predicted octanol–water partition coefficient (Wildman–Crippen LogP) is 3.50. The van der Waals surface area contributed by atoms with Crippen LogP contribution in [0.5, 0.6) is 0 Å². The number of hydrogen-bond acceptors (Lipinski definition) is 2. The maximum absolute atomic E-state index is 13.7. The Balaban J connectivity index is 2.15. The van der Waals surface area contributed by atoms with Crippen molar-refractivity contribution in [2.45, 2.75) is 30.2 Å². The summed E-state index contributed by atoms with van der Waals surface area (Å²) in [5, 5.41) is 3.93.